The third-order valence-corrected chi connectivity index (χ3v) is 1.81. The van der Waals surface area contributed by atoms with Gasteiger partial charge in [0.2, 0.25) is 0 Å². The second-order valence-electron chi connectivity index (χ2n) is 2.57. The van der Waals surface area contributed by atoms with E-state index in [1.165, 1.54) is 4.90 Å². The third kappa shape index (κ3) is 1.39. The van der Waals surface area contributed by atoms with Crippen molar-refractivity contribution in [2.75, 3.05) is 19.7 Å². The first-order valence-electron chi connectivity index (χ1n) is 3.32. The van der Waals surface area contributed by atoms with Crippen LogP contribution < -0.4 is 0 Å². The molecule has 1 aliphatic heterocycles. The smallest absolute Gasteiger partial charge is 0.407 e. The monoisotopic (exact) mass is 145 g/mol. The molecule has 0 saturated carbocycles. The molecule has 10 heavy (non-hydrogen) atoms. The van der Waals surface area contributed by atoms with Crippen molar-refractivity contribution >= 4 is 6.09 Å². The van der Waals surface area contributed by atoms with Crippen LogP contribution in [0.5, 0.6) is 0 Å². The summed E-state index contributed by atoms with van der Waals surface area (Å²) in [6.45, 7) is 1.16. The Morgan fingerprint density at radius 3 is 2.70 bits per heavy atom. The average Bonchev–Trinajstić information content (AvgIpc) is 2.34. The van der Waals surface area contributed by atoms with E-state index in [1.807, 2.05) is 0 Å². The summed E-state index contributed by atoms with van der Waals surface area (Å²) in [7, 11) is 0. The molecule has 0 bridgehead atoms. The number of rotatable bonds is 1. The quantitative estimate of drug-likeness (QED) is 0.545. The SMILES string of the molecule is O=C(O)N1CC[C@@H](CO)C1. The molecule has 58 valence electrons. The molecule has 4 heteroatoms. The summed E-state index contributed by atoms with van der Waals surface area (Å²) < 4.78 is 0. The van der Waals surface area contributed by atoms with Gasteiger partial charge in [-0.05, 0) is 6.42 Å². The molecule has 1 fully saturated rings. The second-order valence-corrected chi connectivity index (χ2v) is 2.57. The Morgan fingerprint density at radius 1 is 1.70 bits per heavy atom. The maximum absolute atomic E-state index is 10.3. The molecule has 0 radical (unpaired) electrons. The van der Waals surface area contributed by atoms with E-state index in [-0.39, 0.29) is 12.5 Å². The van der Waals surface area contributed by atoms with Crippen molar-refractivity contribution in [1.82, 2.24) is 4.90 Å². The normalized spacial score (nSPS) is 25.3. The number of likely N-dealkylation sites (tertiary alicyclic amines) is 1. The molecule has 2 N–H and O–H groups in total. The highest BCUT2D eigenvalue weighted by Gasteiger charge is 2.24. The maximum Gasteiger partial charge on any atom is 0.407 e. The molecule has 0 unspecified atom stereocenters. The number of nitrogens with zero attached hydrogens (tertiary/aromatic N) is 1. The largest absolute Gasteiger partial charge is 0.465 e. The molecule has 4 nitrogen and oxygen atoms in total. The molecule has 0 aromatic carbocycles. The number of hydrogen-bond donors (Lipinski definition) is 2. The van der Waals surface area contributed by atoms with Gasteiger partial charge in [0.05, 0.1) is 0 Å². The number of hydrogen-bond acceptors (Lipinski definition) is 2. The Hall–Kier alpha value is -0.770. The summed E-state index contributed by atoms with van der Waals surface area (Å²) in [5.41, 5.74) is 0. The van der Waals surface area contributed by atoms with Crippen LogP contribution in [0, 0.1) is 5.92 Å². The molecule has 1 heterocycles. The minimum absolute atomic E-state index is 0.101. The molecular weight excluding hydrogens is 134 g/mol. The van der Waals surface area contributed by atoms with Gasteiger partial charge in [-0.15, -0.1) is 0 Å². The zero-order valence-electron chi connectivity index (χ0n) is 5.66. The second kappa shape index (κ2) is 2.88. The van der Waals surface area contributed by atoms with Crippen molar-refractivity contribution in [3.63, 3.8) is 0 Å². The van der Waals surface area contributed by atoms with Crippen molar-refractivity contribution in [3.8, 4) is 0 Å². The molecule has 1 saturated heterocycles. The lowest BCUT2D eigenvalue weighted by molar-refractivity contribution is 0.150. The molecule has 0 aromatic rings. The van der Waals surface area contributed by atoms with Crippen LogP contribution in [0.3, 0.4) is 0 Å². The first-order valence-corrected chi connectivity index (χ1v) is 3.32. The fourth-order valence-corrected chi connectivity index (χ4v) is 1.16. The van der Waals surface area contributed by atoms with Crippen molar-refractivity contribution in [2.45, 2.75) is 6.42 Å². The van der Waals surface area contributed by atoms with E-state index >= 15 is 0 Å². The van der Waals surface area contributed by atoms with Gasteiger partial charge in [-0.2, -0.15) is 0 Å². The lowest BCUT2D eigenvalue weighted by Gasteiger charge is -2.09. The highest BCUT2D eigenvalue weighted by atomic mass is 16.4. The van der Waals surface area contributed by atoms with E-state index in [1.54, 1.807) is 0 Å². The summed E-state index contributed by atoms with van der Waals surface area (Å²) in [5.74, 6) is 0.163. The van der Waals surface area contributed by atoms with Gasteiger partial charge in [-0.3, -0.25) is 0 Å². The number of aliphatic hydroxyl groups excluding tert-OH is 1. The first kappa shape index (κ1) is 7.34. The van der Waals surface area contributed by atoms with Crippen molar-refractivity contribution < 1.29 is 15.0 Å². The first-order chi connectivity index (χ1) is 4.74. The molecule has 1 amide bonds. The Kier molecular flexibility index (Phi) is 2.11. The summed E-state index contributed by atoms with van der Waals surface area (Å²) >= 11 is 0. The number of aliphatic hydroxyl groups is 1. The lowest BCUT2D eigenvalue weighted by Crippen LogP contribution is -2.27. The number of amides is 1. The highest BCUT2D eigenvalue weighted by Crippen LogP contribution is 2.14. The van der Waals surface area contributed by atoms with E-state index in [4.69, 9.17) is 10.2 Å². The molecule has 1 atom stereocenters. The molecule has 1 aliphatic rings. The zero-order valence-corrected chi connectivity index (χ0v) is 5.66. The van der Waals surface area contributed by atoms with Crippen LogP contribution in [-0.2, 0) is 0 Å². The van der Waals surface area contributed by atoms with Gasteiger partial charge in [-0.25, -0.2) is 4.79 Å². The Bertz CT molecular complexity index is 137. The summed E-state index contributed by atoms with van der Waals surface area (Å²) in [6.07, 6.45) is -0.0843. The minimum Gasteiger partial charge on any atom is -0.465 e. The van der Waals surface area contributed by atoms with Gasteiger partial charge in [-0.1, -0.05) is 0 Å². The summed E-state index contributed by atoms with van der Waals surface area (Å²) in [4.78, 5) is 11.6. The average molecular weight is 145 g/mol. The predicted molar refractivity (Wildman–Crippen MR) is 34.8 cm³/mol. The molecule has 0 spiro atoms. The molecule has 0 aromatic heterocycles. The van der Waals surface area contributed by atoms with Crippen LogP contribution in [0.25, 0.3) is 0 Å². The lowest BCUT2D eigenvalue weighted by atomic mass is 10.1. The van der Waals surface area contributed by atoms with Gasteiger partial charge >= 0.3 is 6.09 Å². The van der Waals surface area contributed by atoms with Crippen LogP contribution in [0.2, 0.25) is 0 Å². The Balaban J connectivity index is 2.35. The molecular formula is C6H11NO3. The van der Waals surface area contributed by atoms with Crippen LogP contribution in [-0.4, -0.2) is 40.9 Å². The number of carboxylic acid groups (broad SMARTS) is 1. The van der Waals surface area contributed by atoms with E-state index in [0.717, 1.165) is 6.42 Å². The van der Waals surface area contributed by atoms with Gasteiger partial charge in [0, 0.05) is 25.6 Å². The van der Waals surface area contributed by atoms with Crippen molar-refractivity contribution in [2.24, 2.45) is 5.92 Å². The van der Waals surface area contributed by atoms with Crippen molar-refractivity contribution in [3.05, 3.63) is 0 Å². The predicted octanol–water partition coefficient (Wildman–Crippen LogP) is -0.0214. The van der Waals surface area contributed by atoms with E-state index < -0.39 is 6.09 Å². The Labute approximate surface area is 59.1 Å². The fourth-order valence-electron chi connectivity index (χ4n) is 1.16. The van der Waals surface area contributed by atoms with Crippen LogP contribution >= 0.6 is 0 Å². The van der Waals surface area contributed by atoms with Gasteiger partial charge < -0.3 is 15.1 Å². The number of carbonyl (C=O) groups is 1. The summed E-state index contributed by atoms with van der Waals surface area (Å²) in [5, 5.41) is 17.1. The zero-order chi connectivity index (χ0) is 7.56. The van der Waals surface area contributed by atoms with Crippen molar-refractivity contribution in [1.29, 1.82) is 0 Å². The fraction of sp³-hybridized carbons (Fsp3) is 0.833. The maximum atomic E-state index is 10.3. The standard InChI is InChI=1S/C6H11NO3/c8-4-5-1-2-7(3-5)6(9)10/h5,8H,1-4H2,(H,9,10)/t5-/m1/s1. The third-order valence-electron chi connectivity index (χ3n) is 1.81. The van der Waals surface area contributed by atoms with Crippen LogP contribution in [0.1, 0.15) is 6.42 Å². The van der Waals surface area contributed by atoms with E-state index in [0.29, 0.717) is 13.1 Å². The van der Waals surface area contributed by atoms with E-state index in [9.17, 15) is 4.79 Å². The highest BCUT2D eigenvalue weighted by molar-refractivity contribution is 5.65. The van der Waals surface area contributed by atoms with Gasteiger partial charge in [0.25, 0.3) is 0 Å². The van der Waals surface area contributed by atoms with Gasteiger partial charge in [0.15, 0.2) is 0 Å². The topological polar surface area (TPSA) is 60.8 Å². The molecule has 0 aliphatic carbocycles. The summed E-state index contributed by atoms with van der Waals surface area (Å²) in [6, 6.07) is 0. The Morgan fingerprint density at radius 2 is 2.40 bits per heavy atom. The van der Waals surface area contributed by atoms with Crippen LogP contribution in [0.15, 0.2) is 0 Å². The van der Waals surface area contributed by atoms with Gasteiger partial charge in [0.1, 0.15) is 0 Å². The molecule has 1 rings (SSSR count). The van der Waals surface area contributed by atoms with E-state index in [2.05, 4.69) is 0 Å². The minimum atomic E-state index is -0.879. The van der Waals surface area contributed by atoms with Crippen LogP contribution in [0.4, 0.5) is 4.79 Å².